The third-order valence-corrected chi connectivity index (χ3v) is 15.8. The molecule has 2 heterocycles. The van der Waals surface area contributed by atoms with E-state index >= 15 is 0 Å². The van der Waals surface area contributed by atoms with Crippen LogP contribution in [0.2, 0.25) is 42.3 Å². The number of ether oxygens (including phenoxy) is 2. The predicted molar refractivity (Wildman–Crippen MR) is 157 cm³/mol. The maximum Gasteiger partial charge on any atom is 0.258 e. The number of nitrogens with zero attached hydrogens (tertiary/aromatic N) is 2. The van der Waals surface area contributed by atoms with Gasteiger partial charge in [-0.3, -0.25) is 14.5 Å². The Morgan fingerprint density at radius 2 is 1.61 bits per heavy atom. The van der Waals surface area contributed by atoms with Crippen molar-refractivity contribution in [3.63, 3.8) is 0 Å². The molecule has 2 aliphatic rings. The lowest BCUT2D eigenvalue weighted by Gasteiger charge is -2.42. The van der Waals surface area contributed by atoms with Crippen molar-refractivity contribution in [3.05, 3.63) is 17.7 Å². The lowest BCUT2D eigenvalue weighted by molar-refractivity contribution is -0.123. The molecule has 1 aromatic rings. The predicted octanol–water partition coefficient (Wildman–Crippen LogP) is 5.48. The Kier molecular flexibility index (Phi) is 9.43. The summed E-state index contributed by atoms with van der Waals surface area (Å²) in [4.78, 5) is 30.6. The number of anilines is 1. The van der Waals surface area contributed by atoms with Gasteiger partial charge in [0.25, 0.3) is 20.1 Å². The van der Waals surface area contributed by atoms with Gasteiger partial charge in [0, 0.05) is 33.7 Å². The molecule has 0 aromatic heterocycles. The molecule has 8 nitrogen and oxygen atoms in total. The monoisotopic (exact) mass is 564 g/mol. The largest absolute Gasteiger partial charge is 0.540 e. The maximum atomic E-state index is 13.8. The van der Waals surface area contributed by atoms with Crippen LogP contribution in [0.3, 0.4) is 0 Å². The number of carbonyl (C=O) groups is 2. The summed E-state index contributed by atoms with van der Waals surface area (Å²) < 4.78 is 18.8. The Morgan fingerprint density at radius 1 is 1.00 bits per heavy atom. The van der Waals surface area contributed by atoms with Crippen molar-refractivity contribution in [2.24, 2.45) is 0 Å². The maximum absolute atomic E-state index is 13.8. The topological polar surface area (TPSA) is 88.5 Å². The molecule has 38 heavy (non-hydrogen) atoms. The summed E-state index contributed by atoms with van der Waals surface area (Å²) in [5, 5.41) is 10.3. The molecule has 0 aliphatic carbocycles. The third kappa shape index (κ3) is 5.98. The number of benzene rings is 1. The van der Waals surface area contributed by atoms with Crippen molar-refractivity contribution in [1.82, 2.24) is 4.90 Å². The third-order valence-electron chi connectivity index (χ3n) is 8.10. The number of fused-ring (bicyclic) bond motifs is 2. The number of aliphatic hydroxyl groups excluding tert-OH is 1. The zero-order valence-corrected chi connectivity index (χ0v) is 27.0. The highest BCUT2D eigenvalue weighted by Crippen LogP contribution is 2.47. The van der Waals surface area contributed by atoms with Crippen molar-refractivity contribution in [3.8, 4) is 11.5 Å². The second-order valence-electron chi connectivity index (χ2n) is 12.9. The summed E-state index contributed by atoms with van der Waals surface area (Å²) in [5.41, 5.74) is 1.84. The van der Waals surface area contributed by atoms with E-state index in [4.69, 9.17) is 13.9 Å². The van der Waals surface area contributed by atoms with Gasteiger partial charge in [0.05, 0.1) is 24.5 Å². The SMILES string of the molecule is COc1cc2c(cc1O[Si](C(C)C)(C(C)C)C(C)C)N(COCC[Si](C)(C)C)C(=O)[C@@H]1C[C@@H](O)CN1C2=O. The van der Waals surface area contributed by atoms with Gasteiger partial charge < -0.3 is 23.9 Å². The van der Waals surface area contributed by atoms with E-state index in [0.29, 0.717) is 46.0 Å². The smallest absolute Gasteiger partial charge is 0.258 e. The normalized spacial score (nSPS) is 20.4. The number of rotatable bonds is 11. The molecule has 2 atom stereocenters. The fourth-order valence-electron chi connectivity index (χ4n) is 6.12. The average molecular weight is 565 g/mol. The Balaban J connectivity index is 2.12. The summed E-state index contributed by atoms with van der Waals surface area (Å²) in [6, 6.07) is 3.75. The number of hydrogen-bond donors (Lipinski definition) is 1. The van der Waals surface area contributed by atoms with E-state index in [2.05, 4.69) is 61.2 Å². The summed E-state index contributed by atoms with van der Waals surface area (Å²) >= 11 is 0. The van der Waals surface area contributed by atoms with Gasteiger partial charge in [0.2, 0.25) is 0 Å². The Morgan fingerprint density at radius 3 is 2.13 bits per heavy atom. The van der Waals surface area contributed by atoms with Crippen LogP contribution >= 0.6 is 0 Å². The zero-order valence-electron chi connectivity index (χ0n) is 25.0. The summed E-state index contributed by atoms with van der Waals surface area (Å²) in [7, 11) is -2.10. The second-order valence-corrected chi connectivity index (χ2v) is 23.9. The molecule has 0 bridgehead atoms. The molecule has 0 saturated carbocycles. The first-order valence-electron chi connectivity index (χ1n) is 13.9. The standard InChI is InChI=1S/C28H48N2O6Si2/c1-18(2)38(19(3)4,20(5)6)36-26-15-23-22(14-25(26)34-7)27(32)29-16-21(31)13-24(29)28(33)30(23)17-35-11-12-37(8,9)10/h14-15,18-21,24,31H,11-13,16-17H2,1-10H3/t21-,24+/m1/s1. The lowest BCUT2D eigenvalue weighted by Crippen LogP contribution is -2.50. The number of methoxy groups -OCH3 is 1. The molecule has 10 heteroatoms. The van der Waals surface area contributed by atoms with Crippen LogP contribution in [0.1, 0.15) is 58.3 Å². The first kappa shape index (κ1) is 30.7. The van der Waals surface area contributed by atoms with Crippen molar-refractivity contribution in [1.29, 1.82) is 0 Å². The van der Waals surface area contributed by atoms with E-state index < -0.39 is 28.5 Å². The lowest BCUT2D eigenvalue weighted by atomic mass is 10.1. The van der Waals surface area contributed by atoms with Crippen molar-refractivity contribution >= 4 is 33.9 Å². The van der Waals surface area contributed by atoms with E-state index in [1.807, 2.05) is 0 Å². The molecule has 1 saturated heterocycles. The highest BCUT2D eigenvalue weighted by molar-refractivity contribution is 6.78. The molecule has 0 radical (unpaired) electrons. The molecule has 0 unspecified atom stereocenters. The average Bonchev–Trinajstić information content (AvgIpc) is 3.18. The highest BCUT2D eigenvalue weighted by atomic mass is 28.4. The van der Waals surface area contributed by atoms with Gasteiger partial charge in [-0.15, -0.1) is 0 Å². The van der Waals surface area contributed by atoms with Crippen LogP contribution in [-0.4, -0.2) is 77.4 Å². The van der Waals surface area contributed by atoms with Gasteiger partial charge in [-0.05, 0) is 28.7 Å². The van der Waals surface area contributed by atoms with Crippen LogP contribution in [0.5, 0.6) is 11.5 Å². The molecule has 214 valence electrons. The van der Waals surface area contributed by atoms with E-state index in [1.54, 1.807) is 24.1 Å². The first-order valence-corrected chi connectivity index (χ1v) is 19.8. The van der Waals surface area contributed by atoms with Crippen LogP contribution in [0.15, 0.2) is 12.1 Å². The Labute approximate surface area is 230 Å². The number of carbonyl (C=O) groups excluding carboxylic acids is 2. The minimum absolute atomic E-state index is 0.0386. The number of amides is 2. The van der Waals surface area contributed by atoms with E-state index in [1.165, 1.54) is 4.90 Å². The van der Waals surface area contributed by atoms with Gasteiger partial charge in [0.15, 0.2) is 5.75 Å². The second kappa shape index (κ2) is 11.7. The minimum Gasteiger partial charge on any atom is -0.540 e. The Hall–Kier alpha value is -1.89. The molecule has 0 spiro atoms. The molecular weight excluding hydrogens is 516 g/mol. The number of aliphatic hydroxyl groups is 1. The number of hydrogen-bond acceptors (Lipinski definition) is 6. The molecule has 1 fully saturated rings. The highest BCUT2D eigenvalue weighted by Gasteiger charge is 2.49. The minimum atomic E-state index is -2.35. The zero-order chi connectivity index (χ0) is 28.6. The van der Waals surface area contributed by atoms with Crippen molar-refractivity contribution < 1.29 is 28.6 Å². The summed E-state index contributed by atoms with van der Waals surface area (Å²) in [6.07, 6.45) is -0.516. The van der Waals surface area contributed by atoms with Crippen LogP contribution in [0.4, 0.5) is 5.69 Å². The molecule has 1 N–H and O–H groups in total. The quantitative estimate of drug-likeness (QED) is 0.283. The first-order chi connectivity index (χ1) is 17.6. The Bertz CT molecular complexity index is 1000. The van der Waals surface area contributed by atoms with Crippen LogP contribution < -0.4 is 14.1 Å². The molecular formula is C28H48N2O6Si2. The fourth-order valence-corrected chi connectivity index (χ4v) is 12.1. The summed E-state index contributed by atoms with van der Waals surface area (Å²) in [5.74, 6) is 0.507. The van der Waals surface area contributed by atoms with Gasteiger partial charge in [-0.25, -0.2) is 0 Å². The molecule has 1 aromatic carbocycles. The van der Waals surface area contributed by atoms with Gasteiger partial charge in [-0.2, -0.15) is 0 Å². The van der Waals surface area contributed by atoms with Gasteiger partial charge >= 0.3 is 0 Å². The van der Waals surface area contributed by atoms with Crippen molar-refractivity contribution in [2.75, 3.05) is 31.9 Å². The van der Waals surface area contributed by atoms with E-state index in [-0.39, 0.29) is 31.5 Å². The van der Waals surface area contributed by atoms with E-state index in [9.17, 15) is 14.7 Å². The van der Waals surface area contributed by atoms with Crippen LogP contribution in [0.25, 0.3) is 0 Å². The molecule has 3 rings (SSSR count). The van der Waals surface area contributed by atoms with Crippen LogP contribution in [-0.2, 0) is 9.53 Å². The van der Waals surface area contributed by atoms with Gasteiger partial charge in [0.1, 0.15) is 18.5 Å². The van der Waals surface area contributed by atoms with Crippen molar-refractivity contribution in [2.45, 2.75) is 102 Å². The summed E-state index contributed by atoms with van der Waals surface area (Å²) in [6.45, 7) is 20.9. The molecule has 2 aliphatic heterocycles. The fraction of sp³-hybridized carbons (Fsp3) is 0.714. The molecule has 2 amide bonds. The van der Waals surface area contributed by atoms with E-state index in [0.717, 1.165) is 6.04 Å². The van der Waals surface area contributed by atoms with Gasteiger partial charge in [-0.1, -0.05) is 61.2 Å². The van der Waals surface area contributed by atoms with Crippen LogP contribution in [0, 0.1) is 0 Å².